The van der Waals surface area contributed by atoms with Crippen molar-refractivity contribution in [3.05, 3.63) is 131 Å². The van der Waals surface area contributed by atoms with Crippen LogP contribution in [0, 0.1) is 6.92 Å². The number of carbonyl (C=O) groups is 2. The Morgan fingerprint density at radius 3 is 2.15 bits per heavy atom. The Hall–Kier alpha value is -6.04. The number of amides is 2. The smallest absolute Gasteiger partial charge is 0.416 e. The molecule has 1 N–H and O–H groups in total. The standard InChI is InChI=1S/C40H39F3N4O5/c1-26-35(18-19-37(48)44-25-27-10-9-11-30(20-27)40(41,42)43)39(47(45-26)31-12-7-6-8-13-31)52-32-16-14-29(15-17-32)36(38(49)46(2)3)23-28-21-33(50-4)24-34(22-28)51-5/h6-17,20-24H,18-19,25H2,1-5H3,(H,44,48). The zero-order chi connectivity index (χ0) is 37.4. The number of nitrogens with one attached hydrogen (secondary N) is 1. The molecule has 1 heterocycles. The molecule has 0 spiro atoms. The summed E-state index contributed by atoms with van der Waals surface area (Å²) in [5, 5.41) is 7.43. The number of carbonyl (C=O) groups excluding carboxylic acids is 2. The van der Waals surface area contributed by atoms with E-state index in [1.165, 1.54) is 17.0 Å². The summed E-state index contributed by atoms with van der Waals surface area (Å²) in [5.41, 5.74) is 3.46. The number of para-hydroxylation sites is 1. The summed E-state index contributed by atoms with van der Waals surface area (Å²) in [7, 11) is 6.48. The molecule has 9 nitrogen and oxygen atoms in total. The van der Waals surface area contributed by atoms with Gasteiger partial charge in [-0.15, -0.1) is 0 Å². The molecule has 270 valence electrons. The van der Waals surface area contributed by atoms with E-state index >= 15 is 0 Å². The molecular formula is C40H39F3N4O5. The van der Waals surface area contributed by atoms with Crippen molar-refractivity contribution in [2.45, 2.75) is 32.5 Å². The van der Waals surface area contributed by atoms with Crippen LogP contribution in [0.1, 0.15) is 39.9 Å². The largest absolute Gasteiger partial charge is 0.497 e. The average molecular weight is 713 g/mol. The third-order valence-corrected chi connectivity index (χ3v) is 8.19. The van der Waals surface area contributed by atoms with Gasteiger partial charge < -0.3 is 24.4 Å². The van der Waals surface area contributed by atoms with Crippen molar-refractivity contribution in [3.63, 3.8) is 0 Å². The van der Waals surface area contributed by atoms with E-state index in [0.29, 0.717) is 56.6 Å². The highest BCUT2D eigenvalue weighted by Gasteiger charge is 2.30. The van der Waals surface area contributed by atoms with Crippen molar-refractivity contribution < 1.29 is 37.0 Å². The lowest BCUT2D eigenvalue weighted by Crippen LogP contribution is -2.23. The Morgan fingerprint density at radius 1 is 0.865 bits per heavy atom. The number of aryl methyl sites for hydroxylation is 1. The van der Waals surface area contributed by atoms with Crippen LogP contribution in [0.25, 0.3) is 17.3 Å². The molecule has 0 fully saturated rings. The van der Waals surface area contributed by atoms with Crippen LogP contribution in [0.15, 0.2) is 97.1 Å². The molecule has 0 aliphatic rings. The maximum Gasteiger partial charge on any atom is 0.416 e. The third kappa shape index (κ3) is 9.19. The maximum atomic E-state index is 13.4. The molecular weight excluding hydrogens is 673 g/mol. The molecule has 0 atom stereocenters. The van der Waals surface area contributed by atoms with Crippen molar-refractivity contribution in [1.29, 1.82) is 0 Å². The Bertz CT molecular complexity index is 2030. The van der Waals surface area contributed by atoms with Gasteiger partial charge in [-0.05, 0) is 84.6 Å². The van der Waals surface area contributed by atoms with E-state index in [0.717, 1.165) is 17.8 Å². The molecule has 12 heteroatoms. The van der Waals surface area contributed by atoms with Crippen LogP contribution in [-0.4, -0.2) is 54.8 Å². The molecule has 0 saturated heterocycles. The van der Waals surface area contributed by atoms with E-state index in [2.05, 4.69) is 5.32 Å². The lowest BCUT2D eigenvalue weighted by atomic mass is 10.0. The molecule has 0 aliphatic carbocycles. The van der Waals surface area contributed by atoms with Crippen molar-refractivity contribution in [1.82, 2.24) is 20.0 Å². The second kappa shape index (κ2) is 16.3. The van der Waals surface area contributed by atoms with E-state index in [-0.39, 0.29) is 31.2 Å². The Labute approximate surface area is 300 Å². The summed E-state index contributed by atoms with van der Waals surface area (Å²) in [6.45, 7) is 1.78. The Kier molecular flexibility index (Phi) is 11.7. The first-order valence-electron chi connectivity index (χ1n) is 16.4. The van der Waals surface area contributed by atoms with Crippen LogP contribution >= 0.6 is 0 Å². The first-order chi connectivity index (χ1) is 24.9. The minimum atomic E-state index is -4.47. The normalized spacial score (nSPS) is 11.6. The van der Waals surface area contributed by atoms with Gasteiger partial charge >= 0.3 is 6.18 Å². The molecule has 5 aromatic rings. The van der Waals surface area contributed by atoms with E-state index in [4.69, 9.17) is 19.3 Å². The number of ether oxygens (including phenoxy) is 3. The minimum absolute atomic E-state index is 0.0428. The highest BCUT2D eigenvalue weighted by atomic mass is 19.4. The van der Waals surface area contributed by atoms with Gasteiger partial charge in [0.1, 0.15) is 17.2 Å². The summed E-state index contributed by atoms with van der Waals surface area (Å²) < 4.78 is 58.4. The summed E-state index contributed by atoms with van der Waals surface area (Å²) >= 11 is 0. The molecule has 0 saturated carbocycles. The molecule has 0 radical (unpaired) electrons. The van der Waals surface area contributed by atoms with Gasteiger partial charge in [0.05, 0.1) is 31.2 Å². The number of hydrogen-bond acceptors (Lipinski definition) is 6. The molecule has 52 heavy (non-hydrogen) atoms. The fraction of sp³-hybridized carbons (Fsp3) is 0.225. The number of nitrogens with zero attached hydrogens (tertiary/aromatic N) is 3. The third-order valence-electron chi connectivity index (χ3n) is 8.19. The first-order valence-corrected chi connectivity index (χ1v) is 16.4. The number of aromatic nitrogens is 2. The number of benzene rings is 4. The average Bonchev–Trinajstić information content (AvgIpc) is 3.45. The maximum absolute atomic E-state index is 13.4. The van der Waals surface area contributed by atoms with Gasteiger partial charge in [0.2, 0.25) is 11.8 Å². The number of hydrogen-bond donors (Lipinski definition) is 1. The molecule has 5 rings (SSSR count). The lowest BCUT2D eigenvalue weighted by Gasteiger charge is -2.16. The monoisotopic (exact) mass is 712 g/mol. The van der Waals surface area contributed by atoms with E-state index in [9.17, 15) is 22.8 Å². The molecule has 0 bridgehead atoms. The summed E-state index contributed by atoms with van der Waals surface area (Å²) in [4.78, 5) is 27.7. The number of rotatable bonds is 13. The van der Waals surface area contributed by atoms with E-state index in [1.807, 2.05) is 49.4 Å². The van der Waals surface area contributed by atoms with Crippen LogP contribution in [0.5, 0.6) is 23.1 Å². The van der Waals surface area contributed by atoms with Crippen LogP contribution < -0.4 is 19.5 Å². The van der Waals surface area contributed by atoms with Crippen molar-refractivity contribution in [2.24, 2.45) is 0 Å². The summed E-state index contributed by atoms with van der Waals surface area (Å²) in [6.07, 6.45) is -2.39. The predicted molar refractivity (Wildman–Crippen MR) is 193 cm³/mol. The molecule has 2 amide bonds. The summed E-state index contributed by atoms with van der Waals surface area (Å²) in [6, 6.07) is 26.7. The van der Waals surface area contributed by atoms with Gasteiger partial charge in [0.15, 0.2) is 0 Å². The number of halogens is 3. The van der Waals surface area contributed by atoms with Gasteiger partial charge in [0, 0.05) is 44.3 Å². The van der Waals surface area contributed by atoms with E-state index < -0.39 is 11.7 Å². The lowest BCUT2D eigenvalue weighted by molar-refractivity contribution is -0.137. The highest BCUT2D eigenvalue weighted by Crippen LogP contribution is 2.34. The SMILES string of the molecule is COc1cc(C=C(C(=O)N(C)C)c2ccc(Oc3c(CCC(=O)NCc4cccc(C(F)(F)F)c4)c(C)nn3-c3ccccc3)cc2)cc(OC)c1. The zero-order valence-corrected chi connectivity index (χ0v) is 29.5. The van der Waals surface area contributed by atoms with Gasteiger partial charge in [-0.2, -0.15) is 18.3 Å². The molecule has 0 aliphatic heterocycles. The quantitative estimate of drug-likeness (QED) is 0.0986. The Morgan fingerprint density at radius 2 is 1.54 bits per heavy atom. The highest BCUT2D eigenvalue weighted by molar-refractivity contribution is 6.24. The number of alkyl halides is 3. The van der Waals surface area contributed by atoms with Crippen molar-refractivity contribution >= 4 is 23.5 Å². The van der Waals surface area contributed by atoms with Crippen LogP contribution in [-0.2, 0) is 28.7 Å². The second-order valence-electron chi connectivity index (χ2n) is 12.1. The fourth-order valence-electron chi connectivity index (χ4n) is 5.46. The topological polar surface area (TPSA) is 94.9 Å². The van der Waals surface area contributed by atoms with E-state index in [1.54, 1.807) is 69.4 Å². The molecule has 1 aromatic heterocycles. The number of methoxy groups -OCH3 is 2. The first kappa shape index (κ1) is 37.2. The molecule has 0 unspecified atom stereocenters. The van der Waals surface area contributed by atoms with Crippen molar-refractivity contribution in [2.75, 3.05) is 28.3 Å². The minimum Gasteiger partial charge on any atom is -0.497 e. The number of likely N-dealkylation sites (N-methyl/N-ethyl adjacent to an activating group) is 1. The van der Waals surface area contributed by atoms with Gasteiger partial charge in [-0.3, -0.25) is 9.59 Å². The van der Waals surface area contributed by atoms with Crippen molar-refractivity contribution in [3.8, 4) is 28.8 Å². The predicted octanol–water partition coefficient (Wildman–Crippen LogP) is 7.89. The van der Waals surface area contributed by atoms with Crippen LogP contribution in [0.2, 0.25) is 0 Å². The van der Waals surface area contributed by atoms with Crippen LogP contribution in [0.3, 0.4) is 0 Å². The zero-order valence-electron chi connectivity index (χ0n) is 29.5. The van der Waals surface area contributed by atoms with Gasteiger partial charge in [-0.25, -0.2) is 4.68 Å². The molecule has 4 aromatic carbocycles. The van der Waals surface area contributed by atoms with Gasteiger partial charge in [-0.1, -0.05) is 42.5 Å². The van der Waals surface area contributed by atoms with Gasteiger partial charge in [0.25, 0.3) is 5.91 Å². The van der Waals surface area contributed by atoms with Crippen LogP contribution in [0.4, 0.5) is 13.2 Å². The summed E-state index contributed by atoms with van der Waals surface area (Å²) in [5.74, 6) is 1.50. The fourth-order valence-corrected chi connectivity index (χ4v) is 5.46. The Balaban J connectivity index is 1.40. The second-order valence-corrected chi connectivity index (χ2v) is 12.1.